The van der Waals surface area contributed by atoms with Gasteiger partial charge in [-0.3, -0.25) is 0 Å². The van der Waals surface area contributed by atoms with Gasteiger partial charge in [-0.15, -0.1) is 0 Å². The second-order valence-electron chi connectivity index (χ2n) is 4.38. The van der Waals surface area contributed by atoms with Gasteiger partial charge < -0.3 is 5.32 Å². The van der Waals surface area contributed by atoms with Crippen molar-refractivity contribution in [2.24, 2.45) is 0 Å². The standard InChI is InChI=1S/C15H15BrFN/c1-10-3-6-13(16)9-15(10)18-11(2)12-4-7-14(17)8-5-12/h3-9,11,18H,1-2H3. The van der Waals surface area contributed by atoms with Crippen LogP contribution in [0.5, 0.6) is 0 Å². The zero-order valence-electron chi connectivity index (χ0n) is 10.4. The maximum absolute atomic E-state index is 12.9. The predicted molar refractivity (Wildman–Crippen MR) is 77.3 cm³/mol. The van der Waals surface area contributed by atoms with Crippen LogP contribution < -0.4 is 5.32 Å². The van der Waals surface area contributed by atoms with Crippen LogP contribution in [0.25, 0.3) is 0 Å². The highest BCUT2D eigenvalue weighted by Gasteiger charge is 2.07. The van der Waals surface area contributed by atoms with E-state index in [2.05, 4.69) is 47.2 Å². The normalized spacial score (nSPS) is 12.2. The van der Waals surface area contributed by atoms with Crippen molar-refractivity contribution >= 4 is 21.6 Å². The van der Waals surface area contributed by atoms with E-state index in [0.29, 0.717) is 0 Å². The molecule has 0 fully saturated rings. The third-order valence-corrected chi connectivity index (χ3v) is 3.43. The molecule has 0 amide bonds. The molecule has 1 N–H and O–H groups in total. The molecule has 18 heavy (non-hydrogen) atoms. The Labute approximate surface area is 115 Å². The summed E-state index contributed by atoms with van der Waals surface area (Å²) >= 11 is 3.46. The lowest BCUT2D eigenvalue weighted by atomic mass is 10.1. The molecule has 0 saturated heterocycles. The van der Waals surface area contributed by atoms with Gasteiger partial charge in [0, 0.05) is 16.2 Å². The molecule has 0 aliphatic rings. The van der Waals surface area contributed by atoms with Gasteiger partial charge in [-0.25, -0.2) is 4.39 Å². The van der Waals surface area contributed by atoms with Crippen molar-refractivity contribution in [2.45, 2.75) is 19.9 Å². The Morgan fingerprint density at radius 3 is 2.44 bits per heavy atom. The summed E-state index contributed by atoms with van der Waals surface area (Å²) in [5, 5.41) is 3.43. The molecule has 0 bridgehead atoms. The number of hydrogen-bond acceptors (Lipinski definition) is 1. The second-order valence-corrected chi connectivity index (χ2v) is 5.29. The first kappa shape index (κ1) is 13.1. The van der Waals surface area contributed by atoms with Gasteiger partial charge in [0.15, 0.2) is 0 Å². The van der Waals surface area contributed by atoms with E-state index < -0.39 is 0 Å². The Morgan fingerprint density at radius 2 is 1.78 bits per heavy atom. The summed E-state index contributed by atoms with van der Waals surface area (Å²) in [6, 6.07) is 12.9. The largest absolute Gasteiger partial charge is 0.378 e. The summed E-state index contributed by atoms with van der Waals surface area (Å²) in [6.45, 7) is 4.12. The fourth-order valence-corrected chi connectivity index (χ4v) is 2.18. The van der Waals surface area contributed by atoms with Crippen molar-refractivity contribution < 1.29 is 4.39 Å². The Bertz CT molecular complexity index is 537. The fourth-order valence-electron chi connectivity index (χ4n) is 1.82. The monoisotopic (exact) mass is 307 g/mol. The summed E-state index contributed by atoms with van der Waals surface area (Å²) in [4.78, 5) is 0. The smallest absolute Gasteiger partial charge is 0.123 e. The van der Waals surface area contributed by atoms with Gasteiger partial charge >= 0.3 is 0 Å². The third kappa shape index (κ3) is 3.10. The molecule has 1 nitrogen and oxygen atoms in total. The Kier molecular flexibility index (Phi) is 4.02. The number of benzene rings is 2. The highest BCUT2D eigenvalue weighted by Crippen LogP contribution is 2.25. The molecule has 94 valence electrons. The molecule has 2 rings (SSSR count). The third-order valence-electron chi connectivity index (χ3n) is 2.94. The van der Waals surface area contributed by atoms with Gasteiger partial charge in [0.2, 0.25) is 0 Å². The zero-order valence-corrected chi connectivity index (χ0v) is 12.0. The van der Waals surface area contributed by atoms with E-state index in [1.165, 1.54) is 17.7 Å². The van der Waals surface area contributed by atoms with Gasteiger partial charge in [0.25, 0.3) is 0 Å². The highest BCUT2D eigenvalue weighted by molar-refractivity contribution is 9.10. The summed E-state index contributed by atoms with van der Waals surface area (Å²) in [7, 11) is 0. The van der Waals surface area contributed by atoms with Crippen LogP contribution in [0.3, 0.4) is 0 Å². The van der Waals surface area contributed by atoms with Crippen molar-refractivity contribution in [3.05, 3.63) is 63.9 Å². The van der Waals surface area contributed by atoms with E-state index in [1.807, 2.05) is 6.07 Å². The van der Waals surface area contributed by atoms with E-state index in [-0.39, 0.29) is 11.9 Å². The molecule has 0 spiro atoms. The van der Waals surface area contributed by atoms with E-state index in [0.717, 1.165) is 15.7 Å². The average Bonchev–Trinajstić information content (AvgIpc) is 2.34. The Hall–Kier alpha value is -1.35. The number of rotatable bonds is 3. The van der Waals surface area contributed by atoms with Crippen LogP contribution in [0.1, 0.15) is 24.1 Å². The van der Waals surface area contributed by atoms with Gasteiger partial charge in [0.05, 0.1) is 0 Å². The lowest BCUT2D eigenvalue weighted by molar-refractivity contribution is 0.626. The van der Waals surface area contributed by atoms with Crippen LogP contribution in [0.15, 0.2) is 46.9 Å². The first-order valence-electron chi connectivity index (χ1n) is 5.84. The molecular formula is C15H15BrFN. The molecule has 0 saturated carbocycles. The van der Waals surface area contributed by atoms with Gasteiger partial charge in [0.1, 0.15) is 5.82 Å². The topological polar surface area (TPSA) is 12.0 Å². The molecule has 1 unspecified atom stereocenters. The molecule has 3 heteroatoms. The number of aryl methyl sites for hydroxylation is 1. The van der Waals surface area contributed by atoms with Crippen molar-refractivity contribution in [2.75, 3.05) is 5.32 Å². The van der Waals surface area contributed by atoms with Gasteiger partial charge in [-0.1, -0.05) is 34.1 Å². The molecule has 0 heterocycles. The summed E-state index contributed by atoms with van der Waals surface area (Å²) in [5.74, 6) is -0.204. The number of anilines is 1. The molecule has 2 aromatic rings. The van der Waals surface area contributed by atoms with Crippen LogP contribution >= 0.6 is 15.9 Å². The van der Waals surface area contributed by atoms with Crippen molar-refractivity contribution in [1.82, 2.24) is 0 Å². The first-order valence-corrected chi connectivity index (χ1v) is 6.64. The maximum atomic E-state index is 12.9. The van der Waals surface area contributed by atoms with E-state index in [1.54, 1.807) is 12.1 Å². The Balaban J connectivity index is 2.18. The maximum Gasteiger partial charge on any atom is 0.123 e. The van der Waals surface area contributed by atoms with E-state index >= 15 is 0 Å². The van der Waals surface area contributed by atoms with Crippen LogP contribution in [-0.2, 0) is 0 Å². The van der Waals surface area contributed by atoms with Crippen molar-refractivity contribution in [1.29, 1.82) is 0 Å². The molecule has 2 aromatic carbocycles. The predicted octanol–water partition coefficient (Wildman–Crippen LogP) is 5.07. The van der Waals surface area contributed by atoms with E-state index in [4.69, 9.17) is 0 Å². The minimum atomic E-state index is -0.204. The minimum Gasteiger partial charge on any atom is -0.378 e. The molecule has 0 radical (unpaired) electrons. The molecule has 1 atom stereocenters. The second kappa shape index (κ2) is 5.53. The van der Waals surface area contributed by atoms with Crippen LogP contribution in [0.2, 0.25) is 0 Å². The van der Waals surface area contributed by atoms with Gasteiger partial charge in [-0.05, 0) is 49.2 Å². The SMILES string of the molecule is Cc1ccc(Br)cc1NC(C)c1ccc(F)cc1. The Morgan fingerprint density at radius 1 is 1.11 bits per heavy atom. The first-order chi connectivity index (χ1) is 8.56. The molecule has 0 aliphatic carbocycles. The number of hydrogen-bond donors (Lipinski definition) is 1. The van der Waals surface area contributed by atoms with Crippen LogP contribution in [-0.4, -0.2) is 0 Å². The molecule has 0 aromatic heterocycles. The number of halogens is 2. The summed E-state index contributed by atoms with van der Waals surface area (Å²) in [5.41, 5.74) is 3.34. The van der Waals surface area contributed by atoms with E-state index in [9.17, 15) is 4.39 Å². The lowest BCUT2D eigenvalue weighted by Crippen LogP contribution is -2.07. The molecule has 0 aliphatic heterocycles. The average molecular weight is 308 g/mol. The van der Waals surface area contributed by atoms with Gasteiger partial charge in [-0.2, -0.15) is 0 Å². The summed E-state index contributed by atoms with van der Waals surface area (Å²) in [6.07, 6.45) is 0. The zero-order chi connectivity index (χ0) is 13.1. The van der Waals surface area contributed by atoms with Crippen molar-refractivity contribution in [3.8, 4) is 0 Å². The molecular weight excluding hydrogens is 293 g/mol. The fraction of sp³-hybridized carbons (Fsp3) is 0.200. The summed E-state index contributed by atoms with van der Waals surface area (Å²) < 4.78 is 13.9. The van der Waals surface area contributed by atoms with Crippen LogP contribution in [0, 0.1) is 12.7 Å². The minimum absolute atomic E-state index is 0.138. The quantitative estimate of drug-likeness (QED) is 0.834. The number of nitrogens with one attached hydrogen (secondary N) is 1. The van der Waals surface area contributed by atoms with Crippen molar-refractivity contribution in [3.63, 3.8) is 0 Å². The highest BCUT2D eigenvalue weighted by atomic mass is 79.9. The van der Waals surface area contributed by atoms with Crippen LogP contribution in [0.4, 0.5) is 10.1 Å². The lowest BCUT2D eigenvalue weighted by Gasteiger charge is -2.17.